The standard InChI is InChI=1S/C19H16FNO2/c20-12-9-7-11(8-10-12)17-14-4-1-3-13(14)15-5-2-6-16(19(22)23)18(15)21-17/h1-3,5-10,13-14,17,21H,4H2,(H,22,23). The Balaban J connectivity index is 1.83. The number of aromatic carboxylic acids is 1. The fourth-order valence-corrected chi connectivity index (χ4v) is 3.80. The van der Waals surface area contributed by atoms with Crippen LogP contribution in [-0.4, -0.2) is 11.1 Å². The Morgan fingerprint density at radius 2 is 1.96 bits per heavy atom. The second-order valence-corrected chi connectivity index (χ2v) is 6.10. The number of para-hydroxylation sites is 1. The number of hydrogen-bond donors (Lipinski definition) is 2. The number of fused-ring (bicyclic) bond motifs is 3. The van der Waals surface area contributed by atoms with Crippen molar-refractivity contribution in [2.24, 2.45) is 5.92 Å². The van der Waals surface area contributed by atoms with E-state index in [0.29, 0.717) is 11.6 Å². The zero-order chi connectivity index (χ0) is 16.0. The van der Waals surface area contributed by atoms with Gasteiger partial charge in [0.1, 0.15) is 5.82 Å². The summed E-state index contributed by atoms with van der Waals surface area (Å²) in [5.74, 6) is -0.692. The second kappa shape index (κ2) is 5.23. The van der Waals surface area contributed by atoms with E-state index < -0.39 is 5.97 Å². The first kappa shape index (κ1) is 14.0. The zero-order valence-corrected chi connectivity index (χ0v) is 12.4. The van der Waals surface area contributed by atoms with Gasteiger partial charge in [0.05, 0.1) is 17.3 Å². The molecule has 3 nitrogen and oxygen atoms in total. The number of carboxylic acid groups (broad SMARTS) is 1. The molecule has 3 unspecified atom stereocenters. The normalized spacial score (nSPS) is 24.7. The van der Waals surface area contributed by atoms with Crippen molar-refractivity contribution in [2.75, 3.05) is 5.32 Å². The van der Waals surface area contributed by atoms with Crippen LogP contribution in [0.4, 0.5) is 10.1 Å². The van der Waals surface area contributed by atoms with Gasteiger partial charge in [-0.1, -0.05) is 36.4 Å². The topological polar surface area (TPSA) is 49.3 Å². The summed E-state index contributed by atoms with van der Waals surface area (Å²) in [6, 6.07) is 11.8. The molecule has 0 saturated carbocycles. The zero-order valence-electron chi connectivity index (χ0n) is 12.4. The number of hydrogen-bond acceptors (Lipinski definition) is 2. The van der Waals surface area contributed by atoms with Crippen molar-refractivity contribution < 1.29 is 14.3 Å². The van der Waals surface area contributed by atoms with Crippen molar-refractivity contribution >= 4 is 11.7 Å². The van der Waals surface area contributed by atoms with E-state index in [4.69, 9.17) is 0 Å². The van der Waals surface area contributed by atoms with E-state index in [1.165, 1.54) is 12.1 Å². The molecule has 1 aliphatic carbocycles. The molecule has 23 heavy (non-hydrogen) atoms. The maximum Gasteiger partial charge on any atom is 0.337 e. The van der Waals surface area contributed by atoms with Crippen LogP contribution in [0.2, 0.25) is 0 Å². The van der Waals surface area contributed by atoms with Crippen molar-refractivity contribution in [2.45, 2.75) is 18.4 Å². The largest absolute Gasteiger partial charge is 0.478 e. The molecule has 4 heteroatoms. The van der Waals surface area contributed by atoms with E-state index in [1.807, 2.05) is 6.07 Å². The Bertz CT molecular complexity index is 798. The van der Waals surface area contributed by atoms with Gasteiger partial charge >= 0.3 is 5.97 Å². The number of anilines is 1. The molecule has 2 aliphatic rings. The van der Waals surface area contributed by atoms with Crippen LogP contribution >= 0.6 is 0 Å². The fraction of sp³-hybridized carbons (Fsp3) is 0.211. The monoisotopic (exact) mass is 309 g/mol. The molecule has 0 saturated heterocycles. The van der Waals surface area contributed by atoms with Crippen LogP contribution < -0.4 is 5.32 Å². The molecule has 0 amide bonds. The molecule has 0 bridgehead atoms. The number of halogens is 1. The first-order valence-electron chi connectivity index (χ1n) is 7.70. The minimum Gasteiger partial charge on any atom is -0.478 e. The van der Waals surface area contributed by atoms with Gasteiger partial charge in [0.25, 0.3) is 0 Å². The van der Waals surface area contributed by atoms with E-state index in [9.17, 15) is 14.3 Å². The third-order valence-corrected chi connectivity index (χ3v) is 4.86. The predicted molar refractivity (Wildman–Crippen MR) is 86.2 cm³/mol. The SMILES string of the molecule is O=C(O)c1cccc2c1NC(c1ccc(F)cc1)C1CC=CC21. The van der Waals surface area contributed by atoms with Crippen molar-refractivity contribution in [3.8, 4) is 0 Å². The highest BCUT2D eigenvalue weighted by molar-refractivity contribution is 5.95. The summed E-state index contributed by atoms with van der Waals surface area (Å²) in [6.45, 7) is 0. The average molecular weight is 309 g/mol. The van der Waals surface area contributed by atoms with E-state index in [0.717, 1.165) is 17.5 Å². The summed E-state index contributed by atoms with van der Waals surface area (Å²) >= 11 is 0. The van der Waals surface area contributed by atoms with Gasteiger partial charge in [-0.25, -0.2) is 9.18 Å². The highest BCUT2D eigenvalue weighted by Crippen LogP contribution is 2.50. The van der Waals surface area contributed by atoms with Gasteiger partial charge in [-0.05, 0) is 41.7 Å². The Labute approximate surface area is 133 Å². The summed E-state index contributed by atoms with van der Waals surface area (Å²) in [6.07, 6.45) is 5.24. The summed E-state index contributed by atoms with van der Waals surface area (Å²) in [5.41, 5.74) is 2.98. The average Bonchev–Trinajstić information content (AvgIpc) is 3.04. The number of allylic oxidation sites excluding steroid dienone is 2. The third kappa shape index (κ3) is 2.22. The van der Waals surface area contributed by atoms with Crippen LogP contribution in [0.1, 0.15) is 39.9 Å². The Morgan fingerprint density at radius 1 is 1.17 bits per heavy atom. The van der Waals surface area contributed by atoms with E-state index in [2.05, 4.69) is 17.5 Å². The lowest BCUT2D eigenvalue weighted by molar-refractivity contribution is 0.0697. The first-order valence-corrected chi connectivity index (χ1v) is 7.70. The van der Waals surface area contributed by atoms with Crippen LogP contribution in [-0.2, 0) is 0 Å². The molecule has 3 atom stereocenters. The van der Waals surface area contributed by atoms with Gasteiger partial charge in [0.15, 0.2) is 0 Å². The quantitative estimate of drug-likeness (QED) is 0.811. The molecule has 4 rings (SSSR count). The van der Waals surface area contributed by atoms with Crippen molar-refractivity contribution in [3.63, 3.8) is 0 Å². The number of carboxylic acids is 1. The molecule has 0 radical (unpaired) electrons. The number of benzene rings is 2. The summed E-state index contributed by atoms with van der Waals surface area (Å²) < 4.78 is 13.2. The summed E-state index contributed by atoms with van der Waals surface area (Å²) in [4.78, 5) is 11.5. The van der Waals surface area contributed by atoms with E-state index in [-0.39, 0.29) is 23.3 Å². The van der Waals surface area contributed by atoms with Crippen LogP contribution in [0.3, 0.4) is 0 Å². The summed E-state index contributed by atoms with van der Waals surface area (Å²) in [7, 11) is 0. The molecule has 0 aromatic heterocycles. The van der Waals surface area contributed by atoms with Crippen LogP contribution in [0.25, 0.3) is 0 Å². The Morgan fingerprint density at radius 3 is 2.70 bits per heavy atom. The Kier molecular flexibility index (Phi) is 3.18. The minimum atomic E-state index is -0.937. The third-order valence-electron chi connectivity index (χ3n) is 4.86. The van der Waals surface area contributed by atoms with E-state index >= 15 is 0 Å². The maximum absolute atomic E-state index is 13.2. The molecule has 0 fully saturated rings. The van der Waals surface area contributed by atoms with Crippen molar-refractivity contribution in [3.05, 3.63) is 77.1 Å². The van der Waals surface area contributed by atoms with Gasteiger partial charge in [-0.15, -0.1) is 0 Å². The summed E-state index contributed by atoms with van der Waals surface area (Å²) in [5, 5.41) is 12.9. The van der Waals surface area contributed by atoms with Crippen LogP contribution in [0, 0.1) is 11.7 Å². The molecule has 1 aliphatic heterocycles. The predicted octanol–water partition coefficient (Wildman–Crippen LogP) is 4.35. The molecule has 2 aromatic carbocycles. The molecule has 116 valence electrons. The van der Waals surface area contributed by atoms with Gasteiger partial charge in [-0.3, -0.25) is 0 Å². The van der Waals surface area contributed by atoms with Crippen LogP contribution in [0.15, 0.2) is 54.6 Å². The van der Waals surface area contributed by atoms with Gasteiger partial charge in [-0.2, -0.15) is 0 Å². The van der Waals surface area contributed by atoms with Gasteiger partial charge in [0.2, 0.25) is 0 Å². The molecule has 2 N–H and O–H groups in total. The molecular formula is C19H16FNO2. The second-order valence-electron chi connectivity index (χ2n) is 6.10. The van der Waals surface area contributed by atoms with Crippen molar-refractivity contribution in [1.82, 2.24) is 0 Å². The van der Waals surface area contributed by atoms with Gasteiger partial charge in [0, 0.05) is 5.92 Å². The van der Waals surface area contributed by atoms with E-state index in [1.54, 1.807) is 24.3 Å². The minimum absolute atomic E-state index is 0.0244. The molecule has 1 heterocycles. The lowest BCUT2D eigenvalue weighted by Crippen LogP contribution is -2.30. The number of nitrogens with one attached hydrogen (secondary N) is 1. The first-order chi connectivity index (χ1) is 11.1. The lowest BCUT2D eigenvalue weighted by Gasteiger charge is -2.38. The van der Waals surface area contributed by atoms with Gasteiger partial charge < -0.3 is 10.4 Å². The lowest BCUT2D eigenvalue weighted by atomic mass is 9.76. The highest BCUT2D eigenvalue weighted by atomic mass is 19.1. The number of rotatable bonds is 2. The number of carbonyl (C=O) groups is 1. The molecular weight excluding hydrogens is 293 g/mol. The molecule has 0 spiro atoms. The smallest absolute Gasteiger partial charge is 0.337 e. The maximum atomic E-state index is 13.2. The van der Waals surface area contributed by atoms with Crippen molar-refractivity contribution in [1.29, 1.82) is 0 Å². The molecule has 2 aromatic rings. The highest BCUT2D eigenvalue weighted by Gasteiger charge is 2.39. The Hall–Kier alpha value is -2.62. The van der Waals surface area contributed by atoms with Crippen LogP contribution in [0.5, 0.6) is 0 Å². The fourth-order valence-electron chi connectivity index (χ4n) is 3.80.